The number of hydrogen-bond donors (Lipinski definition) is 1. The molecule has 0 bridgehead atoms. The van der Waals surface area contributed by atoms with E-state index >= 15 is 0 Å². The summed E-state index contributed by atoms with van der Waals surface area (Å²) in [6, 6.07) is 2.75. The van der Waals surface area contributed by atoms with Gasteiger partial charge < -0.3 is 10.2 Å². The van der Waals surface area contributed by atoms with Gasteiger partial charge in [0, 0.05) is 25.6 Å². The molecule has 1 aromatic heterocycles. The van der Waals surface area contributed by atoms with Gasteiger partial charge in [-0.1, -0.05) is 0 Å². The highest BCUT2D eigenvalue weighted by Crippen LogP contribution is 2.28. The Morgan fingerprint density at radius 3 is 2.67 bits per heavy atom. The first-order valence-corrected chi connectivity index (χ1v) is 8.78. The summed E-state index contributed by atoms with van der Waals surface area (Å²) in [6.07, 6.45) is 6.62. The molecule has 21 heavy (non-hydrogen) atoms. The average Bonchev–Trinajstić information content (AvgIpc) is 3.17. The molecule has 0 spiro atoms. The van der Waals surface area contributed by atoms with E-state index in [-0.39, 0.29) is 12.4 Å². The minimum absolute atomic E-state index is 0. The van der Waals surface area contributed by atoms with Crippen molar-refractivity contribution in [2.24, 2.45) is 5.92 Å². The Balaban J connectivity index is 0.00000161. The molecule has 1 aromatic rings. The van der Waals surface area contributed by atoms with Crippen LogP contribution < -0.4 is 5.32 Å². The molecular formula is C16H25ClN2OS. The van der Waals surface area contributed by atoms with E-state index in [0.29, 0.717) is 18.4 Å². The Hall–Kier alpha value is -0.580. The van der Waals surface area contributed by atoms with E-state index in [4.69, 9.17) is 0 Å². The molecule has 0 aromatic carbocycles. The Kier molecular flexibility index (Phi) is 6.52. The SMILES string of the molecule is Cl.O=C(CCc1ccsc1)N1CCC(NCC2CC2)CC1. The van der Waals surface area contributed by atoms with Gasteiger partial charge in [-0.3, -0.25) is 4.79 Å². The second-order valence-electron chi connectivity index (χ2n) is 6.14. The smallest absolute Gasteiger partial charge is 0.222 e. The predicted molar refractivity (Wildman–Crippen MR) is 90.2 cm³/mol. The second kappa shape index (κ2) is 8.16. The molecule has 1 aliphatic carbocycles. The quantitative estimate of drug-likeness (QED) is 0.870. The minimum atomic E-state index is 0. The zero-order valence-electron chi connectivity index (χ0n) is 12.4. The van der Waals surface area contributed by atoms with Crippen LogP contribution in [0.3, 0.4) is 0 Å². The number of nitrogens with zero attached hydrogens (tertiary/aromatic N) is 1. The lowest BCUT2D eigenvalue weighted by Gasteiger charge is -2.32. The molecule has 2 fully saturated rings. The number of rotatable bonds is 6. The second-order valence-corrected chi connectivity index (χ2v) is 6.92. The van der Waals surface area contributed by atoms with Crippen molar-refractivity contribution in [2.75, 3.05) is 19.6 Å². The van der Waals surface area contributed by atoms with Crippen LogP contribution in [0, 0.1) is 5.92 Å². The maximum absolute atomic E-state index is 12.2. The Bertz CT molecular complexity index is 425. The number of nitrogens with one attached hydrogen (secondary N) is 1. The first kappa shape index (κ1) is 16.8. The molecule has 1 aliphatic heterocycles. The number of halogens is 1. The fourth-order valence-corrected chi connectivity index (χ4v) is 3.54. The van der Waals surface area contributed by atoms with Gasteiger partial charge in [0.1, 0.15) is 0 Å². The highest BCUT2D eigenvalue weighted by atomic mass is 35.5. The van der Waals surface area contributed by atoms with Crippen molar-refractivity contribution in [3.05, 3.63) is 22.4 Å². The standard InChI is InChI=1S/C16H24N2OS.ClH/c19-16(4-3-14-7-10-20-12-14)18-8-5-15(6-9-18)17-11-13-1-2-13;/h7,10,12-13,15,17H,1-6,8-9,11H2;1H. The van der Waals surface area contributed by atoms with Gasteiger partial charge in [0.05, 0.1) is 0 Å². The average molecular weight is 329 g/mol. The highest BCUT2D eigenvalue weighted by Gasteiger charge is 2.25. The number of hydrogen-bond acceptors (Lipinski definition) is 3. The summed E-state index contributed by atoms with van der Waals surface area (Å²) in [4.78, 5) is 14.2. The summed E-state index contributed by atoms with van der Waals surface area (Å²) in [6.45, 7) is 3.06. The third-order valence-electron chi connectivity index (χ3n) is 4.45. The molecule has 1 N–H and O–H groups in total. The van der Waals surface area contributed by atoms with Gasteiger partial charge in [0.15, 0.2) is 0 Å². The molecular weight excluding hydrogens is 304 g/mol. The number of thiophene rings is 1. The molecule has 2 heterocycles. The van der Waals surface area contributed by atoms with E-state index in [1.54, 1.807) is 11.3 Å². The maximum Gasteiger partial charge on any atom is 0.222 e. The third-order valence-corrected chi connectivity index (χ3v) is 5.18. The molecule has 1 saturated heterocycles. The van der Waals surface area contributed by atoms with Gasteiger partial charge in [-0.2, -0.15) is 11.3 Å². The van der Waals surface area contributed by atoms with Crippen molar-refractivity contribution >= 4 is 29.7 Å². The topological polar surface area (TPSA) is 32.3 Å². The summed E-state index contributed by atoms with van der Waals surface area (Å²) in [5.74, 6) is 1.28. The summed E-state index contributed by atoms with van der Waals surface area (Å²) >= 11 is 1.71. The Morgan fingerprint density at radius 1 is 1.29 bits per heavy atom. The number of aryl methyl sites for hydroxylation is 1. The van der Waals surface area contributed by atoms with E-state index < -0.39 is 0 Å². The van der Waals surface area contributed by atoms with Crippen molar-refractivity contribution < 1.29 is 4.79 Å². The van der Waals surface area contributed by atoms with Crippen LogP contribution >= 0.6 is 23.7 Å². The molecule has 2 aliphatic rings. The fraction of sp³-hybridized carbons (Fsp3) is 0.688. The molecule has 3 rings (SSSR count). The van der Waals surface area contributed by atoms with Crippen LogP contribution in [0.25, 0.3) is 0 Å². The monoisotopic (exact) mass is 328 g/mol. The van der Waals surface area contributed by atoms with Crippen LogP contribution in [0.4, 0.5) is 0 Å². The zero-order valence-corrected chi connectivity index (χ0v) is 14.1. The Morgan fingerprint density at radius 2 is 2.05 bits per heavy atom. The van der Waals surface area contributed by atoms with Crippen molar-refractivity contribution in [3.63, 3.8) is 0 Å². The van der Waals surface area contributed by atoms with Crippen molar-refractivity contribution in [2.45, 2.75) is 44.6 Å². The van der Waals surface area contributed by atoms with Gasteiger partial charge in [-0.15, -0.1) is 12.4 Å². The van der Waals surface area contributed by atoms with E-state index in [2.05, 4.69) is 27.0 Å². The molecule has 1 amide bonds. The van der Waals surface area contributed by atoms with E-state index in [1.807, 2.05) is 0 Å². The van der Waals surface area contributed by atoms with Crippen LogP contribution in [0.5, 0.6) is 0 Å². The van der Waals surface area contributed by atoms with Gasteiger partial charge in [0.2, 0.25) is 5.91 Å². The molecule has 0 radical (unpaired) electrons. The van der Waals surface area contributed by atoms with Crippen molar-refractivity contribution in [3.8, 4) is 0 Å². The molecule has 0 atom stereocenters. The third kappa shape index (κ3) is 5.28. The van der Waals surface area contributed by atoms with Crippen molar-refractivity contribution in [1.82, 2.24) is 10.2 Å². The van der Waals surface area contributed by atoms with Crippen LogP contribution in [0.15, 0.2) is 16.8 Å². The first-order chi connectivity index (χ1) is 9.81. The Labute approximate surface area is 137 Å². The first-order valence-electron chi connectivity index (χ1n) is 7.83. The lowest BCUT2D eigenvalue weighted by molar-refractivity contribution is -0.132. The highest BCUT2D eigenvalue weighted by molar-refractivity contribution is 7.07. The molecule has 118 valence electrons. The summed E-state index contributed by atoms with van der Waals surface area (Å²) in [7, 11) is 0. The van der Waals surface area contributed by atoms with Crippen LogP contribution in [-0.4, -0.2) is 36.5 Å². The molecule has 0 unspecified atom stereocenters. The van der Waals surface area contributed by atoms with Crippen LogP contribution in [-0.2, 0) is 11.2 Å². The van der Waals surface area contributed by atoms with Gasteiger partial charge >= 0.3 is 0 Å². The largest absolute Gasteiger partial charge is 0.343 e. The molecule has 3 nitrogen and oxygen atoms in total. The number of amides is 1. The summed E-state index contributed by atoms with van der Waals surface area (Å²) in [5, 5.41) is 7.88. The zero-order chi connectivity index (χ0) is 13.8. The van der Waals surface area contributed by atoms with E-state index in [1.165, 1.54) is 24.9 Å². The lowest BCUT2D eigenvalue weighted by atomic mass is 10.0. The summed E-state index contributed by atoms with van der Waals surface area (Å²) < 4.78 is 0. The van der Waals surface area contributed by atoms with Gasteiger partial charge in [0.25, 0.3) is 0 Å². The van der Waals surface area contributed by atoms with Gasteiger partial charge in [-0.05, 0) is 67.0 Å². The number of carbonyl (C=O) groups is 1. The number of piperidine rings is 1. The van der Waals surface area contributed by atoms with Crippen molar-refractivity contribution in [1.29, 1.82) is 0 Å². The molecule has 5 heteroatoms. The van der Waals surface area contributed by atoms with E-state index in [9.17, 15) is 4.79 Å². The van der Waals surface area contributed by atoms with Crippen LogP contribution in [0.2, 0.25) is 0 Å². The van der Waals surface area contributed by atoms with Gasteiger partial charge in [-0.25, -0.2) is 0 Å². The number of carbonyl (C=O) groups excluding carboxylic acids is 1. The minimum Gasteiger partial charge on any atom is -0.343 e. The normalized spacial score (nSPS) is 19.3. The fourth-order valence-electron chi connectivity index (χ4n) is 2.83. The number of likely N-dealkylation sites (tertiary alicyclic amines) is 1. The van der Waals surface area contributed by atoms with E-state index in [0.717, 1.165) is 38.3 Å². The molecule has 1 saturated carbocycles. The predicted octanol–water partition coefficient (Wildman–Crippen LogP) is 3.09. The summed E-state index contributed by atoms with van der Waals surface area (Å²) in [5.41, 5.74) is 1.30. The lowest BCUT2D eigenvalue weighted by Crippen LogP contribution is -2.45. The van der Waals surface area contributed by atoms with Crippen LogP contribution in [0.1, 0.15) is 37.7 Å². The maximum atomic E-state index is 12.2.